The van der Waals surface area contributed by atoms with Gasteiger partial charge in [0.25, 0.3) is 0 Å². The van der Waals surface area contributed by atoms with Crippen LogP contribution in [0.25, 0.3) is 11.3 Å². The molecule has 0 aliphatic heterocycles. The molecule has 0 aliphatic rings. The molecule has 168 valence electrons. The van der Waals surface area contributed by atoms with Gasteiger partial charge in [0.1, 0.15) is 23.1 Å². The zero-order chi connectivity index (χ0) is 23.6. The average molecular weight is 452 g/mol. The highest BCUT2D eigenvalue weighted by Crippen LogP contribution is 2.36. The summed E-state index contributed by atoms with van der Waals surface area (Å²) in [6, 6.07) is 3.12. The maximum absolute atomic E-state index is 15.0. The Morgan fingerprint density at radius 3 is 2.28 bits per heavy atom. The minimum absolute atomic E-state index is 0.00442. The number of benzene rings is 2. The van der Waals surface area contributed by atoms with Gasteiger partial charge in [-0.25, -0.2) is 22.8 Å². The topological polar surface area (TPSA) is 104 Å². The molecule has 0 fully saturated rings. The molecular formula is C20H17F5N6O. The lowest BCUT2D eigenvalue weighted by Gasteiger charge is -2.10. The van der Waals surface area contributed by atoms with E-state index >= 15 is 0 Å². The molecule has 12 heteroatoms. The van der Waals surface area contributed by atoms with Gasteiger partial charge in [0.05, 0.1) is 12.1 Å². The van der Waals surface area contributed by atoms with Gasteiger partial charge in [0, 0.05) is 31.3 Å². The SMILES string of the molecule is C=Nc1c(C(N)=NC)c(-c2ccc(Oc3c(F)c(F)cc(F)c3F)cc2F)nn1CCN. The fourth-order valence-corrected chi connectivity index (χ4v) is 2.94. The smallest absolute Gasteiger partial charge is 0.204 e. The van der Waals surface area contributed by atoms with E-state index in [1.165, 1.54) is 17.8 Å². The quantitative estimate of drug-likeness (QED) is 0.247. The van der Waals surface area contributed by atoms with Crippen LogP contribution in [0, 0.1) is 29.1 Å². The largest absolute Gasteiger partial charge is 0.451 e. The molecule has 0 unspecified atom stereocenters. The molecule has 32 heavy (non-hydrogen) atoms. The third kappa shape index (κ3) is 4.04. The number of aliphatic imine (C=N–C) groups is 2. The van der Waals surface area contributed by atoms with Crippen LogP contribution in [0.4, 0.5) is 27.8 Å². The van der Waals surface area contributed by atoms with E-state index in [0.717, 1.165) is 12.1 Å². The molecule has 3 aromatic rings. The van der Waals surface area contributed by atoms with Crippen molar-refractivity contribution >= 4 is 18.4 Å². The average Bonchev–Trinajstić information content (AvgIpc) is 3.13. The van der Waals surface area contributed by atoms with Crippen LogP contribution in [0.1, 0.15) is 5.56 Å². The van der Waals surface area contributed by atoms with Gasteiger partial charge in [-0.05, 0) is 18.9 Å². The van der Waals surface area contributed by atoms with E-state index in [0.29, 0.717) is 0 Å². The van der Waals surface area contributed by atoms with Crippen molar-refractivity contribution in [3.63, 3.8) is 0 Å². The number of hydrogen-bond acceptors (Lipinski definition) is 5. The zero-order valence-corrected chi connectivity index (χ0v) is 16.7. The van der Waals surface area contributed by atoms with Gasteiger partial charge in [-0.2, -0.15) is 13.9 Å². The van der Waals surface area contributed by atoms with E-state index in [4.69, 9.17) is 16.2 Å². The van der Waals surface area contributed by atoms with Crippen molar-refractivity contribution < 1.29 is 26.7 Å². The van der Waals surface area contributed by atoms with Gasteiger partial charge in [0.2, 0.25) is 17.4 Å². The first kappa shape index (κ1) is 22.9. The summed E-state index contributed by atoms with van der Waals surface area (Å²) in [7, 11) is 1.42. The van der Waals surface area contributed by atoms with Crippen molar-refractivity contribution in [2.75, 3.05) is 13.6 Å². The Balaban J connectivity index is 2.10. The standard InChI is InChI=1S/C20H17F5N6O/c1-28-19(27)14-17(30-31(6-5-26)20(14)29-2)10-4-3-9(7-11(10)21)32-18-15(24)12(22)8-13(23)16(18)25/h3-4,7-8H,2,5-6,26H2,1H3,(H2,27,28). The highest BCUT2D eigenvalue weighted by molar-refractivity contribution is 6.06. The van der Waals surface area contributed by atoms with Gasteiger partial charge in [-0.15, -0.1) is 0 Å². The normalized spacial score (nSPS) is 11.7. The summed E-state index contributed by atoms with van der Waals surface area (Å²) >= 11 is 0. The van der Waals surface area contributed by atoms with Gasteiger partial charge >= 0.3 is 0 Å². The predicted octanol–water partition coefficient (Wildman–Crippen LogP) is 3.66. The molecule has 0 bridgehead atoms. The predicted molar refractivity (Wildman–Crippen MR) is 109 cm³/mol. The lowest BCUT2D eigenvalue weighted by atomic mass is 10.1. The van der Waals surface area contributed by atoms with E-state index < -0.39 is 40.6 Å². The molecule has 7 nitrogen and oxygen atoms in total. The van der Waals surface area contributed by atoms with Crippen LogP contribution in [0.3, 0.4) is 0 Å². The molecule has 0 saturated carbocycles. The molecule has 0 saturated heterocycles. The van der Waals surface area contributed by atoms with Crippen LogP contribution >= 0.6 is 0 Å². The van der Waals surface area contributed by atoms with E-state index in [1.807, 2.05) is 0 Å². The first-order chi connectivity index (χ1) is 15.2. The number of ether oxygens (including phenoxy) is 1. The molecule has 3 rings (SSSR count). The molecule has 0 spiro atoms. The van der Waals surface area contributed by atoms with Crippen molar-refractivity contribution in [1.82, 2.24) is 9.78 Å². The van der Waals surface area contributed by atoms with E-state index in [2.05, 4.69) is 21.8 Å². The number of nitrogens with zero attached hydrogens (tertiary/aromatic N) is 4. The molecule has 1 heterocycles. The second-order valence-corrected chi connectivity index (χ2v) is 6.37. The minimum Gasteiger partial charge on any atom is -0.451 e. The van der Waals surface area contributed by atoms with E-state index in [1.54, 1.807) is 0 Å². The van der Waals surface area contributed by atoms with Crippen LogP contribution in [-0.4, -0.2) is 35.9 Å². The number of nitrogens with two attached hydrogens (primary N) is 2. The molecule has 4 N–H and O–H groups in total. The number of rotatable bonds is 7. The summed E-state index contributed by atoms with van der Waals surface area (Å²) in [4.78, 5) is 7.76. The molecule has 0 radical (unpaired) electrons. The Morgan fingerprint density at radius 1 is 1.09 bits per heavy atom. The second-order valence-electron chi connectivity index (χ2n) is 6.37. The first-order valence-electron chi connectivity index (χ1n) is 9.04. The maximum Gasteiger partial charge on any atom is 0.204 e. The Morgan fingerprint density at radius 2 is 1.75 bits per heavy atom. The van der Waals surface area contributed by atoms with Crippen LogP contribution in [0.2, 0.25) is 0 Å². The summed E-state index contributed by atoms with van der Waals surface area (Å²) in [6.07, 6.45) is 0. The van der Waals surface area contributed by atoms with Gasteiger partial charge in [-0.3, -0.25) is 4.99 Å². The summed E-state index contributed by atoms with van der Waals surface area (Å²) < 4.78 is 75.7. The molecule has 0 amide bonds. The van der Waals surface area contributed by atoms with Crippen molar-refractivity contribution in [3.8, 4) is 22.8 Å². The highest BCUT2D eigenvalue weighted by Gasteiger charge is 2.25. The van der Waals surface area contributed by atoms with Crippen LogP contribution < -0.4 is 16.2 Å². The summed E-state index contributed by atoms with van der Waals surface area (Å²) in [5.41, 5.74) is 11.7. The number of halogens is 5. The Hall–Kier alpha value is -3.80. The summed E-state index contributed by atoms with van der Waals surface area (Å²) in [5, 5.41) is 4.28. The Labute approximate surface area is 178 Å². The van der Waals surface area contributed by atoms with Crippen LogP contribution in [-0.2, 0) is 6.54 Å². The summed E-state index contributed by atoms with van der Waals surface area (Å²) in [5.74, 6) is -9.32. The molecule has 1 aromatic heterocycles. The summed E-state index contributed by atoms with van der Waals surface area (Å²) in [6.45, 7) is 3.89. The fourth-order valence-electron chi connectivity index (χ4n) is 2.94. The highest BCUT2D eigenvalue weighted by atomic mass is 19.2. The number of aromatic nitrogens is 2. The lowest BCUT2D eigenvalue weighted by Crippen LogP contribution is -2.14. The minimum atomic E-state index is -1.76. The third-order valence-corrected chi connectivity index (χ3v) is 4.40. The number of hydrogen-bond donors (Lipinski definition) is 2. The molecule has 0 aliphatic carbocycles. The zero-order valence-electron chi connectivity index (χ0n) is 16.7. The number of amidine groups is 1. The Bertz CT molecular complexity index is 1200. The third-order valence-electron chi connectivity index (χ3n) is 4.40. The van der Waals surface area contributed by atoms with Crippen LogP contribution in [0.15, 0.2) is 34.3 Å². The van der Waals surface area contributed by atoms with Gasteiger partial charge in [0.15, 0.2) is 17.5 Å². The van der Waals surface area contributed by atoms with Crippen molar-refractivity contribution in [1.29, 1.82) is 0 Å². The fraction of sp³-hybridized carbons (Fsp3) is 0.150. The molecular weight excluding hydrogens is 435 g/mol. The van der Waals surface area contributed by atoms with Gasteiger partial charge < -0.3 is 16.2 Å². The first-order valence-corrected chi connectivity index (χ1v) is 9.04. The monoisotopic (exact) mass is 452 g/mol. The van der Waals surface area contributed by atoms with E-state index in [9.17, 15) is 22.0 Å². The van der Waals surface area contributed by atoms with Crippen LogP contribution in [0.5, 0.6) is 11.5 Å². The van der Waals surface area contributed by atoms with E-state index in [-0.39, 0.29) is 47.6 Å². The maximum atomic E-state index is 15.0. The van der Waals surface area contributed by atoms with Crippen molar-refractivity contribution in [3.05, 3.63) is 58.9 Å². The van der Waals surface area contributed by atoms with Crippen molar-refractivity contribution in [2.24, 2.45) is 21.5 Å². The van der Waals surface area contributed by atoms with Crippen molar-refractivity contribution in [2.45, 2.75) is 6.54 Å². The molecule has 0 atom stereocenters. The van der Waals surface area contributed by atoms with Gasteiger partial charge in [-0.1, -0.05) is 0 Å². The molecule has 2 aromatic carbocycles. The lowest BCUT2D eigenvalue weighted by molar-refractivity contribution is 0.365. The Kier molecular flexibility index (Phi) is 6.53. The second kappa shape index (κ2) is 9.14.